The van der Waals surface area contributed by atoms with Gasteiger partial charge in [-0.25, -0.2) is 0 Å². The molecule has 2 N–H and O–H groups in total. The van der Waals surface area contributed by atoms with Gasteiger partial charge in [-0.2, -0.15) is 5.26 Å². The fourth-order valence-corrected chi connectivity index (χ4v) is 2.72. The number of phenolic OH excluding ortho intramolecular Hbond substituents is 1. The molecule has 19 heavy (non-hydrogen) atoms. The van der Waals surface area contributed by atoms with Gasteiger partial charge in [0.05, 0.1) is 5.56 Å². The summed E-state index contributed by atoms with van der Waals surface area (Å²) in [5.74, 6) is 0.155. The fraction of sp³-hybridized carbons (Fsp3) is 0.533. The number of nitrogens with zero attached hydrogens (tertiary/aromatic N) is 2. The van der Waals surface area contributed by atoms with Crippen molar-refractivity contribution in [3.8, 4) is 11.8 Å². The molecule has 1 aromatic rings. The number of aromatic hydroxyl groups is 1. The molecule has 1 aromatic carbocycles. The Bertz CT molecular complexity index is 461. The molecule has 0 unspecified atom stereocenters. The predicted octanol–water partition coefficient (Wildman–Crippen LogP) is 2.01. The molecule has 1 aliphatic heterocycles. The van der Waals surface area contributed by atoms with Crippen molar-refractivity contribution in [1.29, 1.82) is 5.26 Å². The average molecular weight is 259 g/mol. The van der Waals surface area contributed by atoms with Crippen LogP contribution in [0.3, 0.4) is 0 Å². The number of para-hydroxylation sites is 1. The van der Waals surface area contributed by atoms with Crippen LogP contribution in [-0.2, 0) is 0 Å². The van der Waals surface area contributed by atoms with Crippen molar-refractivity contribution in [3.63, 3.8) is 0 Å². The lowest BCUT2D eigenvalue weighted by Crippen LogP contribution is -2.45. The minimum Gasteiger partial charge on any atom is -0.506 e. The van der Waals surface area contributed by atoms with E-state index >= 15 is 0 Å². The Labute approximate surface area is 114 Å². The molecular weight excluding hydrogens is 238 g/mol. The Hall–Kier alpha value is -1.57. The Morgan fingerprint density at radius 2 is 2.16 bits per heavy atom. The van der Waals surface area contributed by atoms with E-state index in [1.54, 1.807) is 6.07 Å². The van der Waals surface area contributed by atoms with Gasteiger partial charge >= 0.3 is 0 Å². The largest absolute Gasteiger partial charge is 0.506 e. The first-order valence-corrected chi connectivity index (χ1v) is 6.94. The molecule has 4 heteroatoms. The number of hydrogen-bond donors (Lipinski definition) is 2. The molecule has 1 saturated heterocycles. The smallest absolute Gasteiger partial charge is 0.138 e. The minimum absolute atomic E-state index is 0.155. The molecule has 0 radical (unpaired) electrons. The average Bonchev–Trinajstić information content (AvgIpc) is 2.46. The van der Waals surface area contributed by atoms with Crippen molar-refractivity contribution >= 4 is 0 Å². The molecule has 1 atom stereocenters. The third kappa shape index (κ3) is 3.06. The van der Waals surface area contributed by atoms with Gasteiger partial charge in [0.15, 0.2) is 0 Å². The van der Waals surface area contributed by atoms with Gasteiger partial charge in [0.1, 0.15) is 11.8 Å². The summed E-state index contributed by atoms with van der Waals surface area (Å²) in [6, 6.07) is 7.73. The molecule has 0 amide bonds. The number of benzene rings is 1. The van der Waals surface area contributed by atoms with Crippen LogP contribution in [0.25, 0.3) is 0 Å². The molecule has 2 rings (SSSR count). The summed E-state index contributed by atoms with van der Waals surface area (Å²) in [6.07, 6.45) is 2.06. The van der Waals surface area contributed by atoms with Crippen molar-refractivity contribution in [3.05, 3.63) is 29.3 Å². The molecule has 4 nitrogen and oxygen atoms in total. The number of nitrogens with one attached hydrogen (secondary N) is 1. The van der Waals surface area contributed by atoms with E-state index in [-0.39, 0.29) is 11.8 Å². The molecule has 1 aliphatic rings. The van der Waals surface area contributed by atoms with Crippen LogP contribution in [-0.4, -0.2) is 36.2 Å². The zero-order chi connectivity index (χ0) is 13.7. The number of rotatable bonds is 4. The topological polar surface area (TPSA) is 59.3 Å². The number of piperazine rings is 1. The summed E-state index contributed by atoms with van der Waals surface area (Å²) in [6.45, 7) is 6.10. The van der Waals surface area contributed by atoms with Gasteiger partial charge < -0.3 is 10.4 Å². The maximum atomic E-state index is 10.3. The minimum atomic E-state index is 0.155. The van der Waals surface area contributed by atoms with Crippen LogP contribution < -0.4 is 5.32 Å². The van der Waals surface area contributed by atoms with Crippen molar-refractivity contribution in [2.24, 2.45) is 0 Å². The van der Waals surface area contributed by atoms with Gasteiger partial charge in [-0.05, 0) is 12.5 Å². The zero-order valence-electron chi connectivity index (χ0n) is 11.4. The molecule has 0 aromatic heterocycles. The predicted molar refractivity (Wildman–Crippen MR) is 74.9 cm³/mol. The van der Waals surface area contributed by atoms with Crippen LogP contribution in [0.5, 0.6) is 5.75 Å². The van der Waals surface area contributed by atoms with Gasteiger partial charge in [-0.15, -0.1) is 0 Å². The quantitative estimate of drug-likeness (QED) is 0.868. The van der Waals surface area contributed by atoms with E-state index in [9.17, 15) is 5.11 Å². The van der Waals surface area contributed by atoms with Gasteiger partial charge in [-0.1, -0.05) is 25.5 Å². The summed E-state index contributed by atoms with van der Waals surface area (Å²) in [5, 5.41) is 22.6. The highest BCUT2D eigenvalue weighted by molar-refractivity contribution is 5.48. The van der Waals surface area contributed by atoms with Crippen LogP contribution >= 0.6 is 0 Å². The third-order valence-corrected chi connectivity index (χ3v) is 3.70. The van der Waals surface area contributed by atoms with Crippen LogP contribution in [0.1, 0.15) is 36.9 Å². The highest BCUT2D eigenvalue weighted by atomic mass is 16.3. The lowest BCUT2D eigenvalue weighted by Gasteiger charge is -2.35. The van der Waals surface area contributed by atoms with Gasteiger partial charge in [0.2, 0.25) is 0 Å². The molecule has 0 aliphatic carbocycles. The lowest BCUT2D eigenvalue weighted by atomic mass is 9.97. The van der Waals surface area contributed by atoms with Crippen LogP contribution in [0, 0.1) is 11.3 Å². The highest BCUT2D eigenvalue weighted by Gasteiger charge is 2.24. The normalized spacial score (nSPS) is 17.9. The summed E-state index contributed by atoms with van der Waals surface area (Å²) >= 11 is 0. The standard InChI is InChI=1S/C15H21N3O/c1-2-4-14(18-9-7-17-8-10-18)13-6-3-5-12(11-16)15(13)19/h3,5-6,14,17,19H,2,4,7-10H2,1H3/t14-/m1/s1. The molecule has 0 bridgehead atoms. The first-order chi connectivity index (χ1) is 9.27. The number of hydrogen-bond acceptors (Lipinski definition) is 4. The Morgan fingerprint density at radius 3 is 2.79 bits per heavy atom. The van der Waals surface area contributed by atoms with E-state index in [1.807, 2.05) is 12.1 Å². The highest BCUT2D eigenvalue weighted by Crippen LogP contribution is 2.34. The third-order valence-electron chi connectivity index (χ3n) is 3.70. The van der Waals surface area contributed by atoms with Gasteiger partial charge in [0, 0.05) is 37.8 Å². The van der Waals surface area contributed by atoms with E-state index in [1.165, 1.54) is 0 Å². The van der Waals surface area contributed by atoms with Crippen molar-refractivity contribution in [2.45, 2.75) is 25.8 Å². The summed E-state index contributed by atoms with van der Waals surface area (Å²) < 4.78 is 0. The second kappa shape index (κ2) is 6.55. The maximum Gasteiger partial charge on any atom is 0.138 e. The van der Waals surface area contributed by atoms with E-state index in [0.29, 0.717) is 5.56 Å². The van der Waals surface area contributed by atoms with E-state index in [2.05, 4.69) is 23.2 Å². The monoisotopic (exact) mass is 259 g/mol. The molecule has 1 heterocycles. The summed E-state index contributed by atoms with van der Waals surface area (Å²) in [4.78, 5) is 2.40. The lowest BCUT2D eigenvalue weighted by molar-refractivity contribution is 0.162. The fourth-order valence-electron chi connectivity index (χ4n) is 2.72. The molecule has 0 spiro atoms. The number of phenols is 1. The SMILES string of the molecule is CCC[C@H](c1cccc(C#N)c1O)N1CCNCC1. The maximum absolute atomic E-state index is 10.3. The summed E-state index contributed by atoms with van der Waals surface area (Å²) in [5.41, 5.74) is 1.26. The van der Waals surface area contributed by atoms with Gasteiger partial charge in [0.25, 0.3) is 0 Å². The van der Waals surface area contributed by atoms with Crippen LogP contribution in [0.15, 0.2) is 18.2 Å². The zero-order valence-corrected chi connectivity index (χ0v) is 11.4. The molecular formula is C15H21N3O. The van der Waals surface area contributed by atoms with Gasteiger partial charge in [-0.3, -0.25) is 4.90 Å². The molecule has 102 valence electrons. The van der Waals surface area contributed by atoms with E-state index < -0.39 is 0 Å². The van der Waals surface area contributed by atoms with Crippen molar-refractivity contribution < 1.29 is 5.11 Å². The van der Waals surface area contributed by atoms with Crippen LogP contribution in [0.2, 0.25) is 0 Å². The Morgan fingerprint density at radius 1 is 1.42 bits per heavy atom. The Balaban J connectivity index is 2.30. The number of nitriles is 1. The molecule has 0 saturated carbocycles. The van der Waals surface area contributed by atoms with E-state index in [0.717, 1.165) is 44.6 Å². The van der Waals surface area contributed by atoms with E-state index in [4.69, 9.17) is 5.26 Å². The second-order valence-corrected chi connectivity index (χ2v) is 4.95. The van der Waals surface area contributed by atoms with Crippen molar-refractivity contribution in [2.75, 3.05) is 26.2 Å². The van der Waals surface area contributed by atoms with Crippen molar-refractivity contribution in [1.82, 2.24) is 10.2 Å². The second-order valence-electron chi connectivity index (χ2n) is 4.95. The van der Waals surface area contributed by atoms with Crippen LogP contribution in [0.4, 0.5) is 0 Å². The first-order valence-electron chi connectivity index (χ1n) is 6.94. The molecule has 1 fully saturated rings. The Kier molecular flexibility index (Phi) is 4.78. The first kappa shape index (κ1) is 13.9. The summed E-state index contributed by atoms with van der Waals surface area (Å²) in [7, 11) is 0.